The predicted octanol–water partition coefficient (Wildman–Crippen LogP) is 2.71. The molecule has 206 valence electrons. The van der Waals surface area contributed by atoms with Crippen LogP contribution in [0.1, 0.15) is 25.0 Å². The lowest BCUT2D eigenvalue weighted by Gasteiger charge is -2.35. The molecule has 12 heteroatoms. The normalized spacial score (nSPS) is 16.3. The van der Waals surface area contributed by atoms with Gasteiger partial charge in [-0.1, -0.05) is 12.1 Å². The van der Waals surface area contributed by atoms with Crippen molar-refractivity contribution in [2.75, 3.05) is 36.0 Å². The molecule has 5 heterocycles. The summed E-state index contributed by atoms with van der Waals surface area (Å²) >= 11 is 0. The minimum atomic E-state index is -1.34. The summed E-state index contributed by atoms with van der Waals surface area (Å²) in [4.78, 5) is 25.8. The fourth-order valence-electron chi connectivity index (χ4n) is 5.00. The minimum Gasteiger partial charge on any atom is -0.391 e. The number of nitrogens with one attached hydrogen (secondary N) is 1. The summed E-state index contributed by atoms with van der Waals surface area (Å²) in [5, 5.41) is 26.0. The van der Waals surface area contributed by atoms with Crippen LogP contribution in [0.5, 0.6) is 0 Å². The lowest BCUT2D eigenvalue weighted by atomic mass is 9.90. The van der Waals surface area contributed by atoms with Crippen LogP contribution >= 0.6 is 0 Å². The number of anilines is 2. The van der Waals surface area contributed by atoms with Gasteiger partial charge in [0.1, 0.15) is 29.2 Å². The van der Waals surface area contributed by atoms with Gasteiger partial charge < -0.3 is 25.0 Å². The number of hydrogen-bond donors (Lipinski definition) is 3. The average molecular weight is 544 g/mol. The SMILES string of the molecule is C[C@H](O)Cn1cc(-c2cc3c(N4CCN(c5ncc([C@@](C)(O)c6ccc(F)cc6)cn5)CC4)ncnc3[nH]2)cn1. The summed E-state index contributed by atoms with van der Waals surface area (Å²) in [6, 6.07) is 7.81. The highest BCUT2D eigenvalue weighted by molar-refractivity contribution is 5.91. The van der Waals surface area contributed by atoms with Crippen LogP contribution in [0.25, 0.3) is 22.3 Å². The highest BCUT2D eigenvalue weighted by Crippen LogP contribution is 2.31. The Morgan fingerprint density at radius 2 is 1.68 bits per heavy atom. The van der Waals surface area contributed by atoms with E-state index in [1.165, 1.54) is 12.1 Å². The molecular formula is C28H30FN9O2. The number of hydrogen-bond acceptors (Lipinski definition) is 9. The second kappa shape index (κ2) is 10.3. The van der Waals surface area contributed by atoms with Crippen molar-refractivity contribution < 1.29 is 14.6 Å². The number of piperazine rings is 1. The number of fused-ring (bicyclic) bond motifs is 1. The van der Waals surface area contributed by atoms with Crippen molar-refractivity contribution in [3.05, 3.63) is 78.4 Å². The van der Waals surface area contributed by atoms with E-state index in [1.54, 1.807) is 55.6 Å². The summed E-state index contributed by atoms with van der Waals surface area (Å²) < 4.78 is 15.0. The molecular weight excluding hydrogens is 513 g/mol. The molecule has 1 aliphatic rings. The molecule has 0 spiro atoms. The molecule has 1 fully saturated rings. The zero-order chi connectivity index (χ0) is 27.9. The minimum absolute atomic E-state index is 0.356. The van der Waals surface area contributed by atoms with E-state index in [2.05, 4.69) is 39.8 Å². The van der Waals surface area contributed by atoms with Gasteiger partial charge in [-0.05, 0) is 37.6 Å². The summed E-state index contributed by atoms with van der Waals surface area (Å²) in [5.74, 6) is 1.09. The maximum atomic E-state index is 13.3. The summed E-state index contributed by atoms with van der Waals surface area (Å²) in [6.45, 7) is 6.64. The molecule has 0 bridgehead atoms. The van der Waals surface area contributed by atoms with Gasteiger partial charge in [0.25, 0.3) is 0 Å². The van der Waals surface area contributed by atoms with E-state index in [-0.39, 0.29) is 5.82 Å². The van der Waals surface area contributed by atoms with Gasteiger partial charge in [0.2, 0.25) is 5.95 Å². The van der Waals surface area contributed by atoms with E-state index >= 15 is 0 Å². The van der Waals surface area contributed by atoms with Crippen molar-refractivity contribution in [2.24, 2.45) is 0 Å². The molecule has 11 nitrogen and oxygen atoms in total. The molecule has 1 aromatic carbocycles. The lowest BCUT2D eigenvalue weighted by Crippen LogP contribution is -2.47. The van der Waals surface area contributed by atoms with Crippen molar-refractivity contribution in [2.45, 2.75) is 32.1 Å². The fourth-order valence-corrected chi connectivity index (χ4v) is 5.00. The third-order valence-electron chi connectivity index (χ3n) is 7.27. The maximum absolute atomic E-state index is 13.3. The molecule has 0 radical (unpaired) electrons. The third kappa shape index (κ3) is 4.98. The lowest BCUT2D eigenvalue weighted by molar-refractivity contribution is 0.101. The first-order valence-electron chi connectivity index (χ1n) is 13.1. The first kappa shape index (κ1) is 25.8. The Morgan fingerprint density at radius 3 is 2.38 bits per heavy atom. The van der Waals surface area contributed by atoms with Gasteiger partial charge in [-0.15, -0.1) is 0 Å². The zero-order valence-electron chi connectivity index (χ0n) is 22.2. The van der Waals surface area contributed by atoms with E-state index in [1.807, 2.05) is 12.3 Å². The number of H-pyrrole nitrogens is 1. The second-order valence-corrected chi connectivity index (χ2v) is 10.3. The van der Waals surface area contributed by atoms with Crippen LogP contribution in [0.3, 0.4) is 0 Å². The average Bonchev–Trinajstić information content (AvgIpc) is 3.60. The largest absolute Gasteiger partial charge is 0.391 e. The molecule has 0 saturated carbocycles. The monoisotopic (exact) mass is 543 g/mol. The van der Waals surface area contributed by atoms with Gasteiger partial charge in [0.05, 0.1) is 29.9 Å². The zero-order valence-corrected chi connectivity index (χ0v) is 22.2. The smallest absolute Gasteiger partial charge is 0.225 e. The molecule has 6 rings (SSSR count). The number of rotatable bonds is 7. The number of aromatic nitrogens is 7. The number of halogens is 1. The number of aliphatic hydroxyl groups excluding tert-OH is 1. The van der Waals surface area contributed by atoms with Gasteiger partial charge in [-0.2, -0.15) is 5.10 Å². The van der Waals surface area contributed by atoms with Gasteiger partial charge in [0, 0.05) is 55.9 Å². The number of nitrogens with zero attached hydrogens (tertiary/aromatic N) is 8. The van der Waals surface area contributed by atoms with E-state index in [0.29, 0.717) is 36.7 Å². The molecule has 0 unspecified atom stereocenters. The molecule has 2 atom stereocenters. The Hall–Kier alpha value is -4.42. The standard InChI is InChI=1S/C28H30FN9O2/c1-18(39)15-38-16-19(12-34-38)24-11-23-25(35-24)32-17-33-26(23)36-7-9-37(10-8-36)27-30-13-21(14-31-27)28(2,40)20-3-5-22(29)6-4-20/h3-6,11-14,16-18,39-40H,7-10,15H2,1-2H3,(H,32,33,35)/t18-,28-/m0/s1. The second-order valence-electron chi connectivity index (χ2n) is 10.3. The number of aliphatic hydroxyl groups is 2. The van der Waals surface area contributed by atoms with Crippen LogP contribution in [-0.4, -0.2) is 77.2 Å². The van der Waals surface area contributed by atoms with Crippen molar-refractivity contribution in [3.63, 3.8) is 0 Å². The fraction of sp³-hybridized carbons (Fsp3) is 0.321. The van der Waals surface area contributed by atoms with Crippen LogP contribution in [0, 0.1) is 5.82 Å². The first-order valence-corrected chi connectivity index (χ1v) is 13.1. The highest BCUT2D eigenvalue weighted by atomic mass is 19.1. The van der Waals surface area contributed by atoms with Gasteiger partial charge in [-0.3, -0.25) is 4.68 Å². The van der Waals surface area contributed by atoms with Crippen molar-refractivity contribution in [1.29, 1.82) is 0 Å². The Bertz CT molecular complexity index is 1610. The molecule has 3 N–H and O–H groups in total. The molecule has 1 aliphatic heterocycles. The quantitative estimate of drug-likeness (QED) is 0.283. The maximum Gasteiger partial charge on any atom is 0.225 e. The predicted molar refractivity (Wildman–Crippen MR) is 148 cm³/mol. The van der Waals surface area contributed by atoms with E-state index < -0.39 is 11.7 Å². The number of benzene rings is 1. The molecule has 1 saturated heterocycles. The molecule has 5 aromatic rings. The van der Waals surface area contributed by atoms with Gasteiger partial charge >= 0.3 is 0 Å². The molecule has 0 aliphatic carbocycles. The van der Waals surface area contributed by atoms with E-state index in [0.717, 1.165) is 41.2 Å². The van der Waals surface area contributed by atoms with E-state index in [9.17, 15) is 14.6 Å². The van der Waals surface area contributed by atoms with Crippen molar-refractivity contribution in [3.8, 4) is 11.3 Å². The van der Waals surface area contributed by atoms with Crippen LogP contribution in [0.15, 0.2) is 61.4 Å². The third-order valence-corrected chi connectivity index (χ3v) is 7.27. The molecule has 4 aromatic heterocycles. The Balaban J connectivity index is 1.15. The topological polar surface area (TPSA) is 132 Å². The molecule has 0 amide bonds. The Morgan fingerprint density at radius 1 is 0.975 bits per heavy atom. The van der Waals surface area contributed by atoms with Crippen molar-refractivity contribution >= 4 is 22.8 Å². The first-order chi connectivity index (χ1) is 19.3. The van der Waals surface area contributed by atoms with Crippen molar-refractivity contribution in [1.82, 2.24) is 34.7 Å². The Labute approximate surface area is 230 Å². The summed E-state index contributed by atoms with van der Waals surface area (Å²) in [5.41, 5.74) is 2.30. The molecule has 40 heavy (non-hydrogen) atoms. The number of aromatic amines is 1. The highest BCUT2D eigenvalue weighted by Gasteiger charge is 2.28. The van der Waals surface area contributed by atoms with Gasteiger partial charge in [0.15, 0.2) is 0 Å². The van der Waals surface area contributed by atoms with Crippen LogP contribution < -0.4 is 9.80 Å². The summed E-state index contributed by atoms with van der Waals surface area (Å²) in [7, 11) is 0. The van der Waals surface area contributed by atoms with Crippen LogP contribution in [-0.2, 0) is 12.1 Å². The van der Waals surface area contributed by atoms with Crippen LogP contribution in [0.4, 0.5) is 16.2 Å². The van der Waals surface area contributed by atoms with Crippen LogP contribution in [0.2, 0.25) is 0 Å². The Kier molecular flexibility index (Phi) is 6.64. The van der Waals surface area contributed by atoms with Gasteiger partial charge in [-0.25, -0.2) is 24.3 Å². The van der Waals surface area contributed by atoms with E-state index in [4.69, 9.17) is 0 Å². The summed E-state index contributed by atoms with van der Waals surface area (Å²) in [6.07, 6.45) is 7.99.